The van der Waals surface area contributed by atoms with Gasteiger partial charge in [-0.25, -0.2) is 10.1 Å². The number of benzene rings is 1. The van der Waals surface area contributed by atoms with Gasteiger partial charge in [-0.3, -0.25) is 4.98 Å². The zero-order chi connectivity index (χ0) is 19.9. The lowest BCUT2D eigenvalue weighted by Crippen LogP contribution is -2.42. The summed E-state index contributed by atoms with van der Waals surface area (Å²) in [4.78, 5) is 8.98. The maximum atomic E-state index is 11.5. The molecule has 0 atom stereocenters. The van der Waals surface area contributed by atoms with E-state index in [1.165, 1.54) is 4.31 Å². The van der Waals surface area contributed by atoms with Gasteiger partial charge in [-0.2, -0.15) is 12.7 Å². The summed E-state index contributed by atoms with van der Waals surface area (Å²) < 4.78 is 37.3. The number of nitrogens with zero attached hydrogens (tertiary/aromatic N) is 4. The van der Waals surface area contributed by atoms with Crippen molar-refractivity contribution in [1.29, 1.82) is 0 Å². The third kappa shape index (κ3) is 3.38. The van der Waals surface area contributed by atoms with E-state index in [2.05, 4.69) is 14.5 Å². The molecule has 28 heavy (non-hydrogen) atoms. The molecule has 1 aliphatic rings. The number of fused-ring (bicyclic) bond motifs is 3. The number of aromatic nitrogens is 3. The molecular weight excluding hydrogens is 382 g/mol. The van der Waals surface area contributed by atoms with Gasteiger partial charge >= 0.3 is 0 Å². The van der Waals surface area contributed by atoms with Gasteiger partial charge in [0.05, 0.1) is 37.8 Å². The SMILES string of the molecule is COc1cc2ncc3ncn(CC4CCN(S(N)(=O)=O)CC4)c3c2cc1OC. The molecular formula is C18H23N5O4S. The van der Waals surface area contributed by atoms with Crippen LogP contribution < -0.4 is 14.6 Å². The zero-order valence-corrected chi connectivity index (χ0v) is 16.6. The normalized spacial score (nSPS) is 16.7. The van der Waals surface area contributed by atoms with Crippen molar-refractivity contribution >= 4 is 32.1 Å². The van der Waals surface area contributed by atoms with Crippen molar-refractivity contribution in [3.8, 4) is 11.5 Å². The number of piperidine rings is 1. The molecule has 150 valence electrons. The van der Waals surface area contributed by atoms with Crippen LogP contribution in [0.25, 0.3) is 21.9 Å². The van der Waals surface area contributed by atoms with Gasteiger partial charge in [0.1, 0.15) is 5.52 Å². The molecule has 0 aliphatic carbocycles. The van der Waals surface area contributed by atoms with Gasteiger partial charge in [0.25, 0.3) is 10.2 Å². The molecule has 10 heteroatoms. The summed E-state index contributed by atoms with van der Waals surface area (Å²) in [5, 5.41) is 6.17. The maximum absolute atomic E-state index is 11.5. The van der Waals surface area contributed by atoms with Crippen molar-refractivity contribution in [1.82, 2.24) is 18.8 Å². The fourth-order valence-electron chi connectivity index (χ4n) is 3.84. The molecule has 2 aromatic heterocycles. The molecule has 0 amide bonds. The average Bonchev–Trinajstić information content (AvgIpc) is 3.09. The summed E-state index contributed by atoms with van der Waals surface area (Å²) in [5.74, 6) is 1.61. The van der Waals surface area contributed by atoms with Crippen LogP contribution >= 0.6 is 0 Å². The van der Waals surface area contributed by atoms with Crippen LogP contribution in [0.5, 0.6) is 11.5 Å². The summed E-state index contributed by atoms with van der Waals surface area (Å²) in [7, 11) is -0.406. The third-order valence-electron chi connectivity index (χ3n) is 5.34. The van der Waals surface area contributed by atoms with E-state index in [4.69, 9.17) is 14.6 Å². The number of methoxy groups -OCH3 is 2. The summed E-state index contributed by atoms with van der Waals surface area (Å²) in [5.41, 5.74) is 2.59. The van der Waals surface area contributed by atoms with E-state index in [1.54, 1.807) is 20.4 Å². The predicted molar refractivity (Wildman–Crippen MR) is 106 cm³/mol. The van der Waals surface area contributed by atoms with E-state index in [9.17, 15) is 8.42 Å². The van der Waals surface area contributed by atoms with Crippen molar-refractivity contribution in [3.05, 3.63) is 24.7 Å². The topological polar surface area (TPSA) is 113 Å². The van der Waals surface area contributed by atoms with Crippen molar-refractivity contribution in [2.75, 3.05) is 27.3 Å². The highest BCUT2D eigenvalue weighted by molar-refractivity contribution is 7.86. The molecule has 2 N–H and O–H groups in total. The molecule has 1 aliphatic heterocycles. The molecule has 0 radical (unpaired) electrons. The minimum atomic E-state index is -3.61. The summed E-state index contributed by atoms with van der Waals surface area (Å²) in [6, 6.07) is 3.78. The lowest BCUT2D eigenvalue weighted by molar-refractivity contribution is 0.254. The number of nitrogens with two attached hydrogens (primary N) is 1. The van der Waals surface area contributed by atoms with Gasteiger partial charge in [0.2, 0.25) is 0 Å². The molecule has 0 unspecified atom stereocenters. The van der Waals surface area contributed by atoms with Gasteiger partial charge < -0.3 is 14.0 Å². The number of rotatable bonds is 5. The minimum absolute atomic E-state index is 0.346. The van der Waals surface area contributed by atoms with Gasteiger partial charge in [-0.05, 0) is 24.8 Å². The highest BCUT2D eigenvalue weighted by Gasteiger charge is 2.26. The first-order chi connectivity index (χ1) is 13.4. The van der Waals surface area contributed by atoms with E-state index < -0.39 is 10.2 Å². The van der Waals surface area contributed by atoms with Gasteiger partial charge in [0, 0.05) is 31.1 Å². The molecule has 1 saturated heterocycles. The van der Waals surface area contributed by atoms with Crippen LogP contribution in [0.1, 0.15) is 12.8 Å². The number of imidazole rings is 1. The van der Waals surface area contributed by atoms with E-state index in [-0.39, 0.29) is 0 Å². The Morgan fingerprint density at radius 2 is 1.79 bits per heavy atom. The molecule has 0 spiro atoms. The zero-order valence-electron chi connectivity index (χ0n) is 15.8. The summed E-state index contributed by atoms with van der Waals surface area (Å²) in [6.07, 6.45) is 5.09. The first-order valence-corrected chi connectivity index (χ1v) is 10.5. The van der Waals surface area contributed by atoms with Gasteiger partial charge in [-0.1, -0.05) is 0 Å². The highest BCUT2D eigenvalue weighted by Crippen LogP contribution is 2.35. The van der Waals surface area contributed by atoms with Crippen LogP contribution in [-0.2, 0) is 16.8 Å². The maximum Gasteiger partial charge on any atom is 0.276 e. The second-order valence-corrected chi connectivity index (χ2v) is 8.55. The Bertz CT molecular complexity index is 1120. The molecule has 1 aromatic carbocycles. The largest absolute Gasteiger partial charge is 0.493 e. The van der Waals surface area contributed by atoms with Crippen LogP contribution in [0, 0.1) is 5.92 Å². The highest BCUT2D eigenvalue weighted by atomic mass is 32.2. The first-order valence-electron chi connectivity index (χ1n) is 9.04. The summed E-state index contributed by atoms with van der Waals surface area (Å²) in [6.45, 7) is 1.65. The molecule has 0 saturated carbocycles. The van der Waals surface area contributed by atoms with Crippen molar-refractivity contribution in [2.45, 2.75) is 19.4 Å². The van der Waals surface area contributed by atoms with Crippen LogP contribution in [0.3, 0.4) is 0 Å². The smallest absolute Gasteiger partial charge is 0.276 e. The number of hydrogen-bond acceptors (Lipinski definition) is 6. The van der Waals surface area contributed by atoms with Crippen molar-refractivity contribution in [2.24, 2.45) is 11.1 Å². The Morgan fingerprint density at radius 3 is 2.43 bits per heavy atom. The second kappa shape index (κ2) is 7.19. The van der Waals surface area contributed by atoms with E-state index in [0.29, 0.717) is 30.5 Å². The van der Waals surface area contributed by atoms with E-state index in [0.717, 1.165) is 41.3 Å². The number of hydrogen-bond donors (Lipinski definition) is 1. The third-order valence-corrected chi connectivity index (χ3v) is 6.42. The molecule has 3 heterocycles. The fraction of sp³-hybridized carbons (Fsp3) is 0.444. The Hall–Kier alpha value is -2.43. The van der Waals surface area contributed by atoms with E-state index in [1.807, 2.05) is 18.5 Å². The fourth-order valence-corrected chi connectivity index (χ4v) is 4.56. The Balaban J connectivity index is 1.67. The molecule has 0 bridgehead atoms. The van der Waals surface area contributed by atoms with Crippen LogP contribution in [0.15, 0.2) is 24.7 Å². The molecule has 9 nitrogen and oxygen atoms in total. The number of pyridine rings is 1. The predicted octanol–water partition coefficient (Wildman–Crippen LogP) is 1.52. The molecule has 3 aromatic rings. The average molecular weight is 405 g/mol. The monoisotopic (exact) mass is 405 g/mol. The Morgan fingerprint density at radius 1 is 1.11 bits per heavy atom. The lowest BCUT2D eigenvalue weighted by Gasteiger charge is -2.30. The standard InChI is InChI=1S/C18H23N5O4S/c1-26-16-7-13-14(8-17(16)27-2)20-9-15-18(13)22(11-21-15)10-12-3-5-23(6-4-12)28(19,24)25/h7-9,11-12H,3-6,10H2,1-2H3,(H2,19,24,25). The van der Waals surface area contributed by atoms with E-state index >= 15 is 0 Å². The van der Waals surface area contributed by atoms with Crippen LogP contribution in [0.4, 0.5) is 0 Å². The quantitative estimate of drug-likeness (QED) is 0.689. The summed E-state index contributed by atoms with van der Waals surface area (Å²) >= 11 is 0. The van der Waals surface area contributed by atoms with Gasteiger partial charge in [0.15, 0.2) is 11.5 Å². The van der Waals surface area contributed by atoms with Crippen molar-refractivity contribution in [3.63, 3.8) is 0 Å². The second-order valence-electron chi connectivity index (χ2n) is 7.00. The Labute approximate surface area is 163 Å². The Kier molecular flexibility index (Phi) is 4.86. The molecule has 1 fully saturated rings. The lowest BCUT2D eigenvalue weighted by atomic mass is 9.98. The minimum Gasteiger partial charge on any atom is -0.493 e. The number of ether oxygens (including phenoxy) is 2. The molecule has 4 rings (SSSR count). The van der Waals surface area contributed by atoms with Crippen LogP contribution in [-0.4, -0.2) is 54.6 Å². The van der Waals surface area contributed by atoms with Crippen LogP contribution in [0.2, 0.25) is 0 Å². The van der Waals surface area contributed by atoms with Crippen molar-refractivity contribution < 1.29 is 17.9 Å². The van der Waals surface area contributed by atoms with Gasteiger partial charge in [-0.15, -0.1) is 0 Å². The first kappa shape index (κ1) is 18.9.